The molecule has 254 valence electrons. The van der Waals surface area contributed by atoms with E-state index in [2.05, 4.69) is 20.9 Å². The van der Waals surface area contributed by atoms with E-state index in [9.17, 15) is 9.59 Å². The summed E-state index contributed by atoms with van der Waals surface area (Å²) in [6.45, 7) is 3.24. The molecule has 3 N–H and O–H groups in total. The number of amides is 2. The highest BCUT2D eigenvalue weighted by atomic mass is 35.5. The smallest absolute Gasteiger partial charge is 0.255 e. The summed E-state index contributed by atoms with van der Waals surface area (Å²) < 4.78 is 10.2. The zero-order valence-corrected chi connectivity index (χ0v) is 28.8. The predicted octanol–water partition coefficient (Wildman–Crippen LogP) is 5.82. The van der Waals surface area contributed by atoms with Crippen molar-refractivity contribution in [2.45, 2.75) is 76.5 Å². The first kappa shape index (κ1) is 31.8. The first-order valence-electron chi connectivity index (χ1n) is 17.3. The van der Waals surface area contributed by atoms with E-state index in [1.807, 2.05) is 47.7 Å². The number of piperidine rings is 1. The van der Waals surface area contributed by atoms with Crippen LogP contribution in [0, 0.1) is 5.92 Å². The number of rotatable bonds is 3. The van der Waals surface area contributed by atoms with E-state index in [0.29, 0.717) is 52.0 Å². The number of nitrogens with zero attached hydrogens (tertiary/aromatic N) is 6. The topological polar surface area (TPSA) is 133 Å². The Morgan fingerprint density at radius 3 is 2.80 bits per heavy atom. The van der Waals surface area contributed by atoms with Crippen molar-refractivity contribution in [1.82, 2.24) is 34.3 Å². The number of hydrogen-bond donors (Lipinski definition) is 2. The molecule has 1 saturated carbocycles. The first-order valence-corrected chi connectivity index (χ1v) is 17.7. The average Bonchev–Trinajstić information content (AvgIpc) is 3.78. The summed E-state index contributed by atoms with van der Waals surface area (Å²) >= 11 is 6.50. The molecule has 3 aliphatic rings. The van der Waals surface area contributed by atoms with E-state index in [1.165, 1.54) is 0 Å². The number of pyridine rings is 2. The Bertz CT molecular complexity index is 2120. The van der Waals surface area contributed by atoms with Crippen molar-refractivity contribution >= 4 is 45.5 Å². The van der Waals surface area contributed by atoms with Crippen molar-refractivity contribution < 1.29 is 14.3 Å². The van der Waals surface area contributed by atoms with E-state index in [-0.39, 0.29) is 29.9 Å². The molecule has 0 unspecified atom stereocenters. The number of fused-ring (bicyclic) bond motifs is 5. The van der Waals surface area contributed by atoms with Crippen molar-refractivity contribution in [3.8, 4) is 17.3 Å². The number of nitrogens with two attached hydrogens (primary N) is 1. The molecule has 2 fully saturated rings. The van der Waals surface area contributed by atoms with Gasteiger partial charge in [0.05, 0.1) is 46.3 Å². The molecule has 8 rings (SSSR count). The SMILES string of the molecule is COc1cc(C(=O)N2C[C@H](N)[C@@H]3CC[C@H]2C3)cc2nc(-c3cc4ccc5nc4n3CCCCCc3nccc(Cl)c3C(=O)N[C@@H]5C)n(C)c12. The number of carbonyl (C=O) groups excluding carboxylic acids is 2. The summed E-state index contributed by atoms with van der Waals surface area (Å²) in [5.74, 6) is 1.59. The molecule has 12 heteroatoms. The van der Waals surface area contributed by atoms with Gasteiger partial charge in [0.25, 0.3) is 11.8 Å². The number of imidazole rings is 1. The number of benzene rings is 1. The Balaban J connectivity index is 1.19. The van der Waals surface area contributed by atoms with Crippen LogP contribution in [-0.4, -0.2) is 66.5 Å². The molecular formula is C37H41ClN8O3. The molecule has 1 aromatic carbocycles. The van der Waals surface area contributed by atoms with Gasteiger partial charge in [-0.2, -0.15) is 0 Å². The molecule has 11 nitrogen and oxygen atoms in total. The maximum Gasteiger partial charge on any atom is 0.255 e. The molecule has 1 aliphatic carbocycles. The monoisotopic (exact) mass is 680 g/mol. The van der Waals surface area contributed by atoms with Gasteiger partial charge in [0, 0.05) is 49.4 Å². The lowest BCUT2D eigenvalue weighted by Gasteiger charge is -2.37. The minimum atomic E-state index is -0.365. The second-order valence-corrected chi connectivity index (χ2v) is 14.2. The molecule has 0 spiro atoms. The summed E-state index contributed by atoms with van der Waals surface area (Å²) in [4.78, 5) is 44.1. The molecule has 0 radical (unpaired) electrons. The van der Waals surface area contributed by atoms with Gasteiger partial charge in [0.1, 0.15) is 16.9 Å². The standard InChI is InChI=1S/C37H41ClN8O3/c1-20-27-11-9-22-17-30(45(34(22)42-27)14-6-4-5-7-28-32(36(47)41-20)25(38)12-13-40-28)35-43-29-16-23(18-31(49-3)33(29)44(35)2)37(48)46-19-26(39)21-8-10-24(46)15-21/h9,11-13,16-18,20-21,24,26H,4-8,10,14-15,19,39H2,1-3H3,(H,41,47)/t20-,21-,24+,26+/m1/s1. The summed E-state index contributed by atoms with van der Waals surface area (Å²) in [5.41, 5.74) is 12.2. The van der Waals surface area contributed by atoms with Crippen LogP contribution in [0.15, 0.2) is 42.6 Å². The van der Waals surface area contributed by atoms with Gasteiger partial charge in [-0.25, -0.2) is 9.97 Å². The summed E-state index contributed by atoms with van der Waals surface area (Å²) in [7, 11) is 3.62. The third-order valence-electron chi connectivity index (χ3n) is 10.8. The molecule has 4 bridgehead atoms. The number of halogens is 1. The van der Waals surface area contributed by atoms with Crippen LogP contribution in [0.2, 0.25) is 5.02 Å². The minimum Gasteiger partial charge on any atom is -0.494 e. The fourth-order valence-corrected chi connectivity index (χ4v) is 8.46. The van der Waals surface area contributed by atoms with Gasteiger partial charge in [-0.15, -0.1) is 0 Å². The van der Waals surface area contributed by atoms with Crippen molar-refractivity contribution in [2.24, 2.45) is 18.7 Å². The molecule has 49 heavy (non-hydrogen) atoms. The Hall–Kier alpha value is -4.48. The molecule has 4 atom stereocenters. The molecule has 2 aliphatic heterocycles. The zero-order valence-electron chi connectivity index (χ0n) is 28.1. The maximum atomic E-state index is 13.9. The second kappa shape index (κ2) is 12.4. The van der Waals surface area contributed by atoms with E-state index < -0.39 is 0 Å². The minimum absolute atomic E-state index is 0.0129. The highest BCUT2D eigenvalue weighted by molar-refractivity contribution is 6.34. The van der Waals surface area contributed by atoms with Crippen molar-refractivity contribution in [3.63, 3.8) is 0 Å². The quantitative estimate of drug-likeness (QED) is 0.246. The molecule has 2 amide bonds. The zero-order chi connectivity index (χ0) is 34.0. The van der Waals surface area contributed by atoms with Crippen LogP contribution in [0.1, 0.15) is 83.6 Å². The number of hydrogen-bond acceptors (Lipinski definition) is 7. The maximum absolute atomic E-state index is 13.9. The number of likely N-dealkylation sites (tertiary alicyclic amines) is 1. The second-order valence-electron chi connectivity index (χ2n) is 13.8. The third-order valence-corrected chi connectivity index (χ3v) is 11.2. The number of methoxy groups -OCH3 is 1. The Morgan fingerprint density at radius 2 is 1.96 bits per heavy atom. The highest BCUT2D eigenvalue weighted by Crippen LogP contribution is 2.39. The van der Waals surface area contributed by atoms with Gasteiger partial charge in [-0.1, -0.05) is 18.0 Å². The van der Waals surface area contributed by atoms with Crippen LogP contribution < -0.4 is 15.8 Å². The van der Waals surface area contributed by atoms with E-state index in [0.717, 1.165) is 78.8 Å². The highest BCUT2D eigenvalue weighted by Gasteiger charge is 2.41. The van der Waals surface area contributed by atoms with Gasteiger partial charge in [-0.3, -0.25) is 14.6 Å². The summed E-state index contributed by atoms with van der Waals surface area (Å²) in [6.07, 6.45) is 8.06. The third kappa shape index (κ3) is 5.43. The number of nitrogens with one attached hydrogen (secondary N) is 1. The Morgan fingerprint density at radius 1 is 1.10 bits per heavy atom. The van der Waals surface area contributed by atoms with Crippen molar-refractivity contribution in [3.05, 3.63) is 70.1 Å². The van der Waals surface area contributed by atoms with Crippen molar-refractivity contribution in [2.75, 3.05) is 13.7 Å². The van der Waals surface area contributed by atoms with Gasteiger partial charge < -0.3 is 29.8 Å². The van der Waals surface area contributed by atoms with Crippen LogP contribution in [0.25, 0.3) is 33.6 Å². The molecule has 6 heterocycles. The van der Waals surface area contributed by atoms with Crippen LogP contribution >= 0.6 is 11.6 Å². The molecular weight excluding hydrogens is 640 g/mol. The molecule has 1 saturated heterocycles. The lowest BCUT2D eigenvalue weighted by atomic mass is 9.94. The van der Waals surface area contributed by atoms with E-state index in [1.54, 1.807) is 19.4 Å². The van der Waals surface area contributed by atoms with Crippen molar-refractivity contribution in [1.29, 1.82) is 0 Å². The number of aromatic nitrogens is 5. The largest absolute Gasteiger partial charge is 0.494 e. The van der Waals surface area contributed by atoms with Gasteiger partial charge >= 0.3 is 0 Å². The van der Waals surface area contributed by atoms with Gasteiger partial charge in [-0.05, 0) is 87.8 Å². The summed E-state index contributed by atoms with van der Waals surface area (Å²) in [6, 6.07) is 11.4. The average molecular weight is 681 g/mol. The normalized spacial score (nSPS) is 22.7. The lowest BCUT2D eigenvalue weighted by molar-refractivity contribution is 0.0603. The van der Waals surface area contributed by atoms with Crippen LogP contribution in [0.4, 0.5) is 0 Å². The van der Waals surface area contributed by atoms with E-state index in [4.69, 9.17) is 32.0 Å². The van der Waals surface area contributed by atoms with Gasteiger partial charge in [0.15, 0.2) is 5.82 Å². The van der Waals surface area contributed by atoms with Crippen LogP contribution in [0.3, 0.4) is 0 Å². The number of ether oxygens (including phenoxy) is 1. The lowest BCUT2D eigenvalue weighted by Crippen LogP contribution is -2.51. The molecule has 5 aromatic rings. The van der Waals surface area contributed by atoms with E-state index >= 15 is 0 Å². The van der Waals surface area contributed by atoms with Crippen LogP contribution in [-0.2, 0) is 20.0 Å². The first-order chi connectivity index (χ1) is 23.7. The Labute approximate surface area is 289 Å². The summed E-state index contributed by atoms with van der Waals surface area (Å²) in [5, 5.41) is 4.48. The predicted molar refractivity (Wildman–Crippen MR) is 189 cm³/mol. The van der Waals surface area contributed by atoms with Gasteiger partial charge in [0.2, 0.25) is 0 Å². The molecule has 4 aromatic heterocycles. The van der Waals surface area contributed by atoms with Crippen LogP contribution in [0.5, 0.6) is 5.75 Å². The fourth-order valence-electron chi connectivity index (χ4n) is 8.21. The number of carbonyl (C=O) groups is 2. The fraction of sp³-hybridized carbons (Fsp3) is 0.432. The Kier molecular flexibility index (Phi) is 8.07. The number of aryl methyl sites for hydroxylation is 3.